The number of nitrogens with one attached hydrogen (secondary N) is 3. The normalized spacial score (nSPS) is 18.7. The molecule has 2 fully saturated rings. The van der Waals surface area contributed by atoms with Gasteiger partial charge in [0.2, 0.25) is 11.9 Å². The molecular formula is C29H36F3N7O2. The Morgan fingerprint density at radius 1 is 1.07 bits per heavy atom. The largest absolute Gasteiger partial charge is 0.416 e. The Kier molecular flexibility index (Phi) is 9.38. The molecule has 2 aromatic heterocycles. The predicted molar refractivity (Wildman–Crippen MR) is 149 cm³/mol. The van der Waals surface area contributed by atoms with Crippen LogP contribution in [0, 0.1) is 5.92 Å². The van der Waals surface area contributed by atoms with E-state index >= 15 is 0 Å². The highest BCUT2D eigenvalue weighted by molar-refractivity contribution is 5.84. The number of amides is 1. The van der Waals surface area contributed by atoms with Gasteiger partial charge in [-0.3, -0.25) is 9.36 Å². The average Bonchev–Trinajstić information content (AvgIpc) is 3.70. The Hall–Kier alpha value is -3.67. The maximum absolute atomic E-state index is 13.5. The van der Waals surface area contributed by atoms with E-state index in [1.807, 2.05) is 0 Å². The number of benzene rings is 1. The minimum Gasteiger partial charge on any atom is -0.376 e. The Morgan fingerprint density at radius 3 is 2.56 bits per heavy atom. The van der Waals surface area contributed by atoms with Crippen molar-refractivity contribution in [1.82, 2.24) is 24.8 Å². The maximum Gasteiger partial charge on any atom is 0.416 e. The molecule has 1 saturated carbocycles. The van der Waals surface area contributed by atoms with Gasteiger partial charge in [-0.15, -0.1) is 0 Å². The van der Waals surface area contributed by atoms with E-state index in [1.165, 1.54) is 18.6 Å². The van der Waals surface area contributed by atoms with Gasteiger partial charge in [-0.25, -0.2) is 4.98 Å². The van der Waals surface area contributed by atoms with Crippen LogP contribution < -0.4 is 16.0 Å². The van der Waals surface area contributed by atoms with Gasteiger partial charge in [-0.2, -0.15) is 23.1 Å². The number of aromatic nitrogens is 4. The molecule has 5 rings (SSSR count). The SMILES string of the molecule is O=C(NCc1ccc(C(F)(F)F)cc1)C(CC1CCCCC1)Nc1cc(-n2ccnc2)nc(NCC2CCCO2)n1. The Morgan fingerprint density at radius 2 is 1.88 bits per heavy atom. The molecule has 3 heterocycles. The van der Waals surface area contributed by atoms with E-state index in [-0.39, 0.29) is 18.6 Å². The van der Waals surface area contributed by atoms with Crippen molar-refractivity contribution in [3.63, 3.8) is 0 Å². The number of hydrogen-bond acceptors (Lipinski definition) is 7. The molecule has 2 aliphatic rings. The minimum absolute atomic E-state index is 0.0990. The van der Waals surface area contributed by atoms with Crippen LogP contribution in [-0.2, 0) is 22.3 Å². The highest BCUT2D eigenvalue weighted by Gasteiger charge is 2.30. The molecule has 3 N–H and O–H groups in total. The lowest BCUT2D eigenvalue weighted by Gasteiger charge is -2.27. The Balaban J connectivity index is 1.32. The van der Waals surface area contributed by atoms with E-state index in [2.05, 4.69) is 30.9 Å². The molecule has 41 heavy (non-hydrogen) atoms. The highest BCUT2D eigenvalue weighted by Crippen LogP contribution is 2.30. The van der Waals surface area contributed by atoms with Crippen LogP contribution in [-0.4, -0.2) is 50.7 Å². The molecule has 1 aliphatic carbocycles. The Labute approximate surface area is 237 Å². The van der Waals surface area contributed by atoms with Crippen molar-refractivity contribution in [2.45, 2.75) is 76.2 Å². The summed E-state index contributed by atoms with van der Waals surface area (Å²) in [6.45, 7) is 1.45. The van der Waals surface area contributed by atoms with Crippen molar-refractivity contribution in [3.05, 3.63) is 60.2 Å². The third-order valence-electron chi connectivity index (χ3n) is 7.67. The van der Waals surface area contributed by atoms with Crippen molar-refractivity contribution < 1.29 is 22.7 Å². The smallest absolute Gasteiger partial charge is 0.376 e. The van der Waals surface area contributed by atoms with Crippen molar-refractivity contribution in [2.75, 3.05) is 23.8 Å². The van der Waals surface area contributed by atoms with E-state index in [0.717, 1.165) is 57.3 Å². The topological polar surface area (TPSA) is 106 Å². The van der Waals surface area contributed by atoms with Crippen LogP contribution in [0.4, 0.5) is 24.9 Å². The van der Waals surface area contributed by atoms with Crippen molar-refractivity contribution >= 4 is 17.7 Å². The number of imidazole rings is 1. The molecule has 1 aliphatic heterocycles. The number of halogens is 3. The first-order chi connectivity index (χ1) is 19.8. The van der Waals surface area contributed by atoms with Crippen LogP contribution in [0.3, 0.4) is 0 Å². The number of hydrogen-bond donors (Lipinski definition) is 3. The second-order valence-electron chi connectivity index (χ2n) is 10.8. The molecule has 12 heteroatoms. The van der Waals surface area contributed by atoms with Crippen molar-refractivity contribution in [2.24, 2.45) is 5.92 Å². The molecule has 1 amide bonds. The second kappa shape index (κ2) is 13.3. The lowest BCUT2D eigenvalue weighted by Crippen LogP contribution is -2.41. The molecule has 0 radical (unpaired) electrons. The van der Waals surface area contributed by atoms with Crippen LogP contribution in [0.1, 0.15) is 62.5 Å². The van der Waals surface area contributed by atoms with Crippen molar-refractivity contribution in [1.29, 1.82) is 0 Å². The number of carbonyl (C=O) groups is 1. The zero-order valence-corrected chi connectivity index (χ0v) is 22.9. The van der Waals surface area contributed by atoms with E-state index in [4.69, 9.17) is 4.74 Å². The number of rotatable bonds is 11. The summed E-state index contributed by atoms with van der Waals surface area (Å²) < 4.78 is 46.3. The molecule has 0 spiro atoms. The van der Waals surface area contributed by atoms with Gasteiger partial charge in [0.25, 0.3) is 0 Å². The molecule has 220 valence electrons. The standard InChI is InChI=1S/C29H36F3N7O2/c30-29(31,32)22-10-8-21(9-11-22)17-34-27(40)24(15-20-5-2-1-3-6-20)36-25-16-26(39-13-12-33-19-39)38-28(37-25)35-18-23-7-4-14-41-23/h8-13,16,19-20,23-24H,1-7,14-15,17-18H2,(H,34,40)(H2,35,36,37,38). The van der Waals surface area contributed by atoms with E-state index in [0.29, 0.717) is 42.0 Å². The minimum atomic E-state index is -4.40. The molecule has 9 nitrogen and oxygen atoms in total. The van der Waals surface area contributed by atoms with Crippen LogP contribution in [0.2, 0.25) is 0 Å². The lowest BCUT2D eigenvalue weighted by atomic mass is 9.84. The van der Waals surface area contributed by atoms with Crippen LogP contribution in [0.5, 0.6) is 0 Å². The number of carbonyl (C=O) groups excluding carboxylic acids is 1. The molecule has 3 aromatic rings. The van der Waals surface area contributed by atoms with Gasteiger partial charge in [0, 0.05) is 38.2 Å². The first-order valence-electron chi connectivity index (χ1n) is 14.3. The molecular weight excluding hydrogens is 535 g/mol. The second-order valence-corrected chi connectivity index (χ2v) is 10.8. The summed E-state index contributed by atoms with van der Waals surface area (Å²) in [7, 11) is 0. The van der Waals surface area contributed by atoms with Crippen molar-refractivity contribution in [3.8, 4) is 5.82 Å². The predicted octanol–water partition coefficient (Wildman–Crippen LogP) is 5.34. The highest BCUT2D eigenvalue weighted by atomic mass is 19.4. The maximum atomic E-state index is 13.5. The monoisotopic (exact) mass is 571 g/mol. The fourth-order valence-corrected chi connectivity index (χ4v) is 5.41. The van der Waals surface area contributed by atoms with Gasteiger partial charge in [-0.1, -0.05) is 44.2 Å². The molecule has 1 saturated heterocycles. The van der Waals surface area contributed by atoms with Gasteiger partial charge in [0.15, 0.2) is 0 Å². The summed E-state index contributed by atoms with van der Waals surface area (Å²) in [5, 5.41) is 9.53. The third-order valence-corrected chi connectivity index (χ3v) is 7.67. The zero-order valence-electron chi connectivity index (χ0n) is 22.9. The fraction of sp³-hybridized carbons (Fsp3) is 0.517. The van der Waals surface area contributed by atoms with Gasteiger partial charge in [-0.05, 0) is 42.9 Å². The molecule has 1 aromatic carbocycles. The average molecular weight is 572 g/mol. The summed E-state index contributed by atoms with van der Waals surface area (Å²) >= 11 is 0. The fourth-order valence-electron chi connectivity index (χ4n) is 5.41. The number of alkyl halides is 3. The van der Waals surface area contributed by atoms with Gasteiger partial charge < -0.3 is 20.7 Å². The Bertz CT molecular complexity index is 1260. The summed E-state index contributed by atoms with van der Waals surface area (Å²) in [5.41, 5.74) is -0.126. The number of ether oxygens (including phenoxy) is 1. The summed E-state index contributed by atoms with van der Waals surface area (Å²) in [5.74, 6) is 1.66. The van der Waals surface area contributed by atoms with E-state index < -0.39 is 17.8 Å². The zero-order chi connectivity index (χ0) is 28.7. The van der Waals surface area contributed by atoms with Gasteiger partial charge in [0.05, 0.1) is 11.7 Å². The number of nitrogens with zero attached hydrogens (tertiary/aromatic N) is 4. The van der Waals surface area contributed by atoms with Gasteiger partial charge >= 0.3 is 6.18 Å². The first kappa shape index (κ1) is 28.8. The van der Waals surface area contributed by atoms with Crippen LogP contribution >= 0.6 is 0 Å². The molecule has 2 atom stereocenters. The third kappa shape index (κ3) is 8.18. The molecule has 2 unspecified atom stereocenters. The van der Waals surface area contributed by atoms with E-state index in [1.54, 1.807) is 29.4 Å². The molecule has 0 bridgehead atoms. The lowest BCUT2D eigenvalue weighted by molar-refractivity contribution is -0.137. The quantitative estimate of drug-likeness (QED) is 0.285. The van der Waals surface area contributed by atoms with Crippen LogP contribution in [0.15, 0.2) is 49.1 Å². The van der Waals surface area contributed by atoms with Gasteiger partial charge in [0.1, 0.15) is 24.0 Å². The summed E-state index contributed by atoms with van der Waals surface area (Å²) in [6, 6.07) is 6.03. The summed E-state index contributed by atoms with van der Waals surface area (Å²) in [4.78, 5) is 26.9. The van der Waals surface area contributed by atoms with Crippen LogP contribution in [0.25, 0.3) is 5.82 Å². The van der Waals surface area contributed by atoms with E-state index in [9.17, 15) is 18.0 Å². The summed E-state index contributed by atoms with van der Waals surface area (Å²) in [6.07, 6.45) is 9.01. The first-order valence-corrected chi connectivity index (χ1v) is 14.3. The number of anilines is 2.